The van der Waals surface area contributed by atoms with Crippen LogP contribution < -0.4 is 4.90 Å². The summed E-state index contributed by atoms with van der Waals surface area (Å²) in [6, 6.07) is 10.1. The number of hydrogen-bond acceptors (Lipinski definition) is 5. The molecule has 1 aliphatic heterocycles. The Balaban J connectivity index is 1.74. The van der Waals surface area contributed by atoms with Gasteiger partial charge in [0.05, 0.1) is 10.2 Å². The van der Waals surface area contributed by atoms with Gasteiger partial charge in [-0.1, -0.05) is 23.7 Å². The second kappa shape index (κ2) is 6.07. The zero-order valence-electron chi connectivity index (χ0n) is 12.9. The molecule has 1 aromatic carbocycles. The van der Waals surface area contributed by atoms with Crippen LogP contribution in [0.15, 0.2) is 36.7 Å². The van der Waals surface area contributed by atoms with Crippen molar-refractivity contribution in [2.24, 2.45) is 0 Å². The topological polar surface area (TPSA) is 32.3 Å². The Morgan fingerprint density at radius 2 is 1.78 bits per heavy atom. The fourth-order valence-corrected chi connectivity index (χ4v) is 4.10. The second-order valence-corrected chi connectivity index (χ2v) is 7.31. The third-order valence-corrected chi connectivity index (χ3v) is 5.65. The summed E-state index contributed by atoms with van der Waals surface area (Å²) >= 11 is 7.74. The monoisotopic (exact) mass is 344 g/mol. The quantitative estimate of drug-likeness (QED) is 0.708. The van der Waals surface area contributed by atoms with Crippen molar-refractivity contribution >= 4 is 39.0 Å². The minimum atomic E-state index is 0.757. The predicted octanol–water partition coefficient (Wildman–Crippen LogP) is 3.76. The van der Waals surface area contributed by atoms with E-state index in [1.807, 2.05) is 12.1 Å². The number of rotatable bonds is 2. The fraction of sp³-hybridized carbons (Fsp3) is 0.294. The first kappa shape index (κ1) is 14.9. The minimum absolute atomic E-state index is 0.757. The molecule has 0 N–H and O–H groups in total. The van der Waals surface area contributed by atoms with Crippen molar-refractivity contribution < 1.29 is 0 Å². The van der Waals surface area contributed by atoms with Gasteiger partial charge in [0.1, 0.15) is 12.1 Å². The first-order valence-corrected chi connectivity index (χ1v) is 8.84. The lowest BCUT2D eigenvalue weighted by molar-refractivity contribution is 0.312. The lowest BCUT2D eigenvalue weighted by atomic mass is 10.2. The molecular formula is C17H17ClN4S. The Morgan fingerprint density at radius 3 is 2.52 bits per heavy atom. The van der Waals surface area contributed by atoms with E-state index in [9.17, 15) is 0 Å². The molecule has 0 unspecified atom stereocenters. The van der Waals surface area contributed by atoms with Crippen LogP contribution in [0.2, 0.25) is 5.02 Å². The van der Waals surface area contributed by atoms with Crippen LogP contribution in [0.5, 0.6) is 0 Å². The number of piperazine rings is 1. The van der Waals surface area contributed by atoms with E-state index < -0.39 is 0 Å². The van der Waals surface area contributed by atoms with Gasteiger partial charge in [-0.05, 0) is 30.8 Å². The van der Waals surface area contributed by atoms with Gasteiger partial charge < -0.3 is 9.80 Å². The molecule has 2 aromatic heterocycles. The molecule has 3 aromatic rings. The van der Waals surface area contributed by atoms with Crippen LogP contribution in [-0.4, -0.2) is 48.1 Å². The number of nitrogens with zero attached hydrogens (tertiary/aromatic N) is 4. The SMILES string of the molecule is CN1CCN(c2ncnc3cc(-c4ccc(Cl)cc4)sc23)CC1. The molecule has 0 saturated carbocycles. The lowest BCUT2D eigenvalue weighted by Crippen LogP contribution is -2.44. The van der Waals surface area contributed by atoms with Crippen molar-refractivity contribution in [3.63, 3.8) is 0 Å². The molecule has 3 heterocycles. The van der Waals surface area contributed by atoms with Gasteiger partial charge in [-0.2, -0.15) is 0 Å². The van der Waals surface area contributed by atoms with Crippen molar-refractivity contribution in [1.82, 2.24) is 14.9 Å². The Morgan fingerprint density at radius 1 is 1.04 bits per heavy atom. The van der Waals surface area contributed by atoms with Crippen LogP contribution in [0, 0.1) is 0 Å². The van der Waals surface area contributed by atoms with Crippen molar-refractivity contribution in [3.05, 3.63) is 41.7 Å². The van der Waals surface area contributed by atoms with Gasteiger partial charge in [0.2, 0.25) is 0 Å². The van der Waals surface area contributed by atoms with E-state index in [0.717, 1.165) is 42.5 Å². The highest BCUT2D eigenvalue weighted by molar-refractivity contribution is 7.22. The maximum atomic E-state index is 5.99. The number of benzene rings is 1. The van der Waals surface area contributed by atoms with Crippen LogP contribution >= 0.6 is 22.9 Å². The van der Waals surface area contributed by atoms with Crippen LogP contribution in [-0.2, 0) is 0 Å². The number of thiophene rings is 1. The standard InChI is InChI=1S/C17H17ClN4S/c1-21-6-8-22(9-7-21)17-16-14(19-11-20-17)10-15(23-16)12-2-4-13(18)5-3-12/h2-5,10-11H,6-9H2,1H3. The Kier molecular flexibility index (Phi) is 3.93. The summed E-state index contributed by atoms with van der Waals surface area (Å²) < 4.78 is 1.17. The molecule has 118 valence electrons. The molecule has 0 atom stereocenters. The Labute approximate surface area is 144 Å². The number of likely N-dealkylation sites (N-methyl/N-ethyl adjacent to an activating group) is 1. The van der Waals surface area contributed by atoms with Crippen LogP contribution in [0.1, 0.15) is 0 Å². The van der Waals surface area contributed by atoms with E-state index in [-0.39, 0.29) is 0 Å². The van der Waals surface area contributed by atoms with E-state index in [2.05, 4.69) is 45.0 Å². The largest absolute Gasteiger partial charge is 0.353 e. The predicted molar refractivity (Wildman–Crippen MR) is 97.6 cm³/mol. The van der Waals surface area contributed by atoms with Gasteiger partial charge in [0.25, 0.3) is 0 Å². The molecule has 0 bridgehead atoms. The Bertz CT molecular complexity index is 822. The minimum Gasteiger partial charge on any atom is -0.353 e. The summed E-state index contributed by atoms with van der Waals surface area (Å²) in [7, 11) is 2.16. The summed E-state index contributed by atoms with van der Waals surface area (Å²) in [6.45, 7) is 4.16. The zero-order chi connectivity index (χ0) is 15.8. The van der Waals surface area contributed by atoms with Crippen LogP contribution in [0.25, 0.3) is 20.7 Å². The first-order valence-electron chi connectivity index (χ1n) is 7.65. The van der Waals surface area contributed by atoms with E-state index in [4.69, 9.17) is 11.6 Å². The molecule has 0 spiro atoms. The van der Waals surface area contributed by atoms with E-state index in [0.29, 0.717) is 0 Å². The molecule has 4 nitrogen and oxygen atoms in total. The highest BCUT2D eigenvalue weighted by Crippen LogP contribution is 2.37. The normalized spacial score (nSPS) is 16.2. The number of aromatic nitrogens is 2. The molecule has 23 heavy (non-hydrogen) atoms. The van der Waals surface area contributed by atoms with E-state index in [1.54, 1.807) is 17.7 Å². The maximum absolute atomic E-state index is 5.99. The highest BCUT2D eigenvalue weighted by atomic mass is 35.5. The molecule has 0 amide bonds. The van der Waals surface area contributed by atoms with Gasteiger partial charge in [0.15, 0.2) is 0 Å². The first-order chi connectivity index (χ1) is 11.2. The van der Waals surface area contributed by atoms with Crippen molar-refractivity contribution in [1.29, 1.82) is 0 Å². The molecular weight excluding hydrogens is 328 g/mol. The van der Waals surface area contributed by atoms with Crippen molar-refractivity contribution in [2.75, 3.05) is 38.1 Å². The summed E-state index contributed by atoms with van der Waals surface area (Å²) in [5.41, 5.74) is 2.19. The maximum Gasteiger partial charge on any atom is 0.150 e. The molecule has 1 aliphatic rings. The number of fused-ring (bicyclic) bond motifs is 1. The van der Waals surface area contributed by atoms with E-state index in [1.165, 1.54) is 15.1 Å². The summed E-state index contributed by atoms with van der Waals surface area (Å²) in [5, 5.41) is 0.757. The van der Waals surface area contributed by atoms with Gasteiger partial charge in [-0.25, -0.2) is 9.97 Å². The fourth-order valence-electron chi connectivity index (χ4n) is 2.84. The van der Waals surface area contributed by atoms with Crippen molar-refractivity contribution in [3.8, 4) is 10.4 Å². The van der Waals surface area contributed by atoms with Crippen molar-refractivity contribution in [2.45, 2.75) is 0 Å². The number of anilines is 1. The van der Waals surface area contributed by atoms with Crippen LogP contribution in [0.4, 0.5) is 5.82 Å². The average Bonchev–Trinajstić information content (AvgIpc) is 3.00. The van der Waals surface area contributed by atoms with Gasteiger partial charge in [-0.3, -0.25) is 0 Å². The summed E-state index contributed by atoms with van der Waals surface area (Å²) in [5.74, 6) is 1.06. The van der Waals surface area contributed by atoms with Gasteiger partial charge in [0, 0.05) is 36.1 Å². The van der Waals surface area contributed by atoms with Gasteiger partial charge in [-0.15, -0.1) is 11.3 Å². The molecule has 0 radical (unpaired) electrons. The lowest BCUT2D eigenvalue weighted by Gasteiger charge is -2.33. The second-order valence-electron chi connectivity index (χ2n) is 5.82. The van der Waals surface area contributed by atoms with Crippen LogP contribution in [0.3, 0.4) is 0 Å². The average molecular weight is 345 g/mol. The summed E-state index contributed by atoms with van der Waals surface area (Å²) in [4.78, 5) is 14.9. The third kappa shape index (κ3) is 2.92. The zero-order valence-corrected chi connectivity index (χ0v) is 14.4. The van der Waals surface area contributed by atoms with E-state index >= 15 is 0 Å². The Hall–Kier alpha value is -1.69. The highest BCUT2D eigenvalue weighted by Gasteiger charge is 2.19. The molecule has 4 rings (SSSR count). The number of halogens is 1. The molecule has 6 heteroatoms. The number of hydrogen-bond donors (Lipinski definition) is 0. The molecule has 0 aliphatic carbocycles. The summed E-state index contributed by atoms with van der Waals surface area (Å²) in [6.07, 6.45) is 1.67. The van der Waals surface area contributed by atoms with Gasteiger partial charge >= 0.3 is 0 Å². The molecule has 1 saturated heterocycles. The smallest absolute Gasteiger partial charge is 0.150 e. The molecule has 1 fully saturated rings. The third-order valence-electron chi connectivity index (χ3n) is 4.22.